The molecule has 2 heterocycles. The molecule has 0 radical (unpaired) electrons. The molecule has 0 amide bonds. The Balaban J connectivity index is 1.52. The maximum Gasteiger partial charge on any atom is 0.231 e. The third kappa shape index (κ3) is 4.64. The van der Waals surface area contributed by atoms with Crippen LogP contribution in [0.2, 0.25) is 0 Å². The molecule has 6 rings (SSSR count). The predicted octanol–water partition coefficient (Wildman–Crippen LogP) is 6.88. The molecule has 2 aliphatic carbocycles. The Morgan fingerprint density at radius 2 is 1.41 bits per heavy atom. The van der Waals surface area contributed by atoms with Crippen molar-refractivity contribution < 1.29 is 28.5 Å². The average Bonchev–Trinajstić information content (AvgIpc) is 3.32. The zero-order valence-electron chi connectivity index (χ0n) is 23.4. The van der Waals surface area contributed by atoms with Crippen molar-refractivity contribution in [2.75, 3.05) is 13.9 Å². The van der Waals surface area contributed by atoms with Crippen LogP contribution in [0.25, 0.3) is 0 Å². The SMILES string of the molecule is COc1cc2c(cc1C(CC1C3=C(CC(C)(C)CC3=O)OC3=C1C(=O)CC(C)(C)C3)c1ccccc1)OCO2. The Labute approximate surface area is 230 Å². The van der Waals surface area contributed by atoms with Gasteiger partial charge in [0.1, 0.15) is 17.3 Å². The number of Topliss-reactive ketones (excluding diaryl/α,β-unsaturated/α-hetero) is 2. The Bertz CT molecular complexity index is 1360. The first-order valence-corrected chi connectivity index (χ1v) is 13.8. The highest BCUT2D eigenvalue weighted by molar-refractivity contribution is 6.04. The molecule has 0 bridgehead atoms. The predicted molar refractivity (Wildman–Crippen MR) is 147 cm³/mol. The molecule has 39 heavy (non-hydrogen) atoms. The van der Waals surface area contributed by atoms with Crippen LogP contribution in [0.5, 0.6) is 17.2 Å². The molecular formula is C33H36O6. The molecule has 2 aromatic carbocycles. The quantitative estimate of drug-likeness (QED) is 0.421. The van der Waals surface area contributed by atoms with Crippen LogP contribution < -0.4 is 14.2 Å². The van der Waals surface area contributed by atoms with Gasteiger partial charge in [0, 0.05) is 60.3 Å². The normalized spacial score (nSPS) is 22.3. The highest BCUT2D eigenvalue weighted by atomic mass is 16.7. The van der Waals surface area contributed by atoms with Gasteiger partial charge in [-0.1, -0.05) is 58.0 Å². The summed E-state index contributed by atoms with van der Waals surface area (Å²) in [6.45, 7) is 8.60. The van der Waals surface area contributed by atoms with Crippen molar-refractivity contribution in [2.45, 2.75) is 65.7 Å². The van der Waals surface area contributed by atoms with Gasteiger partial charge in [0.25, 0.3) is 0 Å². The minimum absolute atomic E-state index is 0.0832. The number of allylic oxidation sites excluding steroid dienone is 4. The summed E-state index contributed by atoms with van der Waals surface area (Å²) in [4.78, 5) is 27.5. The molecular weight excluding hydrogens is 492 g/mol. The summed E-state index contributed by atoms with van der Waals surface area (Å²) in [7, 11) is 1.65. The second-order valence-electron chi connectivity index (χ2n) is 12.9. The molecule has 2 aliphatic heterocycles. The molecule has 0 N–H and O–H groups in total. The van der Waals surface area contributed by atoms with E-state index in [0.717, 1.165) is 22.6 Å². The average molecular weight is 529 g/mol. The van der Waals surface area contributed by atoms with Gasteiger partial charge in [-0.05, 0) is 28.9 Å². The third-order valence-electron chi connectivity index (χ3n) is 8.48. The van der Waals surface area contributed by atoms with Gasteiger partial charge in [0.15, 0.2) is 23.1 Å². The van der Waals surface area contributed by atoms with Crippen LogP contribution in [-0.2, 0) is 14.3 Å². The van der Waals surface area contributed by atoms with E-state index >= 15 is 0 Å². The monoisotopic (exact) mass is 528 g/mol. The molecule has 0 saturated carbocycles. The summed E-state index contributed by atoms with van der Waals surface area (Å²) in [6, 6.07) is 14.1. The zero-order valence-corrected chi connectivity index (χ0v) is 23.4. The van der Waals surface area contributed by atoms with Crippen LogP contribution in [0.3, 0.4) is 0 Å². The number of carbonyl (C=O) groups excluding carboxylic acids is 2. The van der Waals surface area contributed by atoms with Gasteiger partial charge >= 0.3 is 0 Å². The third-order valence-corrected chi connectivity index (χ3v) is 8.48. The smallest absolute Gasteiger partial charge is 0.231 e. The minimum Gasteiger partial charge on any atom is -0.496 e. The van der Waals surface area contributed by atoms with Crippen molar-refractivity contribution in [3.63, 3.8) is 0 Å². The maximum absolute atomic E-state index is 13.8. The number of ether oxygens (including phenoxy) is 4. The number of ketones is 2. The van der Waals surface area contributed by atoms with E-state index in [9.17, 15) is 9.59 Å². The number of rotatable bonds is 5. The van der Waals surface area contributed by atoms with Gasteiger partial charge in [-0.25, -0.2) is 0 Å². The lowest BCUT2D eigenvalue weighted by Crippen LogP contribution is -2.39. The van der Waals surface area contributed by atoms with E-state index in [0.29, 0.717) is 60.5 Å². The lowest BCUT2D eigenvalue weighted by molar-refractivity contribution is -0.121. The van der Waals surface area contributed by atoms with E-state index in [1.165, 1.54) is 0 Å². The Morgan fingerprint density at radius 1 is 0.846 bits per heavy atom. The van der Waals surface area contributed by atoms with Gasteiger partial charge in [0.2, 0.25) is 6.79 Å². The molecule has 1 atom stereocenters. The lowest BCUT2D eigenvalue weighted by atomic mass is 9.65. The zero-order chi connectivity index (χ0) is 27.5. The van der Waals surface area contributed by atoms with E-state index in [1.54, 1.807) is 7.11 Å². The van der Waals surface area contributed by atoms with E-state index in [1.807, 2.05) is 30.3 Å². The van der Waals surface area contributed by atoms with E-state index in [-0.39, 0.29) is 41.0 Å². The molecule has 0 aromatic heterocycles. The molecule has 204 valence electrons. The van der Waals surface area contributed by atoms with Crippen molar-refractivity contribution in [3.8, 4) is 17.2 Å². The van der Waals surface area contributed by atoms with Gasteiger partial charge in [-0.2, -0.15) is 0 Å². The van der Waals surface area contributed by atoms with E-state index < -0.39 is 0 Å². The number of hydrogen-bond acceptors (Lipinski definition) is 6. The number of carbonyl (C=O) groups is 2. The van der Waals surface area contributed by atoms with Crippen molar-refractivity contribution in [1.82, 2.24) is 0 Å². The van der Waals surface area contributed by atoms with Crippen LogP contribution in [0.1, 0.15) is 76.8 Å². The fraction of sp³-hybridized carbons (Fsp3) is 0.455. The highest BCUT2D eigenvalue weighted by Gasteiger charge is 2.48. The van der Waals surface area contributed by atoms with Crippen molar-refractivity contribution in [1.29, 1.82) is 0 Å². The van der Waals surface area contributed by atoms with Gasteiger partial charge in [-0.3, -0.25) is 9.59 Å². The first-order chi connectivity index (χ1) is 18.5. The van der Waals surface area contributed by atoms with Crippen LogP contribution >= 0.6 is 0 Å². The second kappa shape index (κ2) is 9.29. The van der Waals surface area contributed by atoms with Crippen molar-refractivity contribution in [2.24, 2.45) is 16.7 Å². The molecule has 2 aromatic rings. The van der Waals surface area contributed by atoms with Gasteiger partial charge < -0.3 is 18.9 Å². The minimum atomic E-state index is -0.351. The Morgan fingerprint density at radius 3 is 1.97 bits per heavy atom. The van der Waals surface area contributed by atoms with Crippen molar-refractivity contribution >= 4 is 11.6 Å². The lowest BCUT2D eigenvalue weighted by Gasteiger charge is -2.43. The van der Waals surface area contributed by atoms with Crippen LogP contribution in [0.4, 0.5) is 0 Å². The van der Waals surface area contributed by atoms with E-state index in [2.05, 4.69) is 39.8 Å². The largest absolute Gasteiger partial charge is 0.496 e. The summed E-state index contributed by atoms with van der Waals surface area (Å²) in [5.41, 5.74) is 3.01. The summed E-state index contributed by atoms with van der Waals surface area (Å²) in [5.74, 6) is 3.16. The second-order valence-corrected chi connectivity index (χ2v) is 12.9. The summed E-state index contributed by atoms with van der Waals surface area (Å²) < 4.78 is 23.7. The Hall–Kier alpha value is -3.54. The van der Waals surface area contributed by atoms with Crippen LogP contribution in [-0.4, -0.2) is 25.5 Å². The molecule has 1 unspecified atom stereocenters. The molecule has 6 heteroatoms. The summed E-state index contributed by atoms with van der Waals surface area (Å²) in [5, 5.41) is 0. The summed E-state index contributed by atoms with van der Waals surface area (Å²) >= 11 is 0. The van der Waals surface area contributed by atoms with Crippen molar-refractivity contribution in [3.05, 3.63) is 76.3 Å². The molecule has 4 aliphatic rings. The number of hydrogen-bond donors (Lipinski definition) is 0. The fourth-order valence-electron chi connectivity index (χ4n) is 6.80. The van der Waals surface area contributed by atoms with Crippen LogP contribution in [0, 0.1) is 16.7 Å². The van der Waals surface area contributed by atoms with Crippen LogP contribution in [0.15, 0.2) is 65.1 Å². The number of methoxy groups -OCH3 is 1. The first-order valence-electron chi connectivity index (χ1n) is 13.8. The first kappa shape index (κ1) is 25.7. The van der Waals surface area contributed by atoms with Gasteiger partial charge in [-0.15, -0.1) is 0 Å². The van der Waals surface area contributed by atoms with Gasteiger partial charge in [0.05, 0.1) is 7.11 Å². The number of fused-ring (bicyclic) bond motifs is 1. The topological polar surface area (TPSA) is 71.1 Å². The molecule has 0 fully saturated rings. The molecule has 0 spiro atoms. The standard InChI is InChI=1S/C33H36O6/c1-32(2)14-23(34)30-22(31-24(35)15-33(3,4)17-29(31)39-28(30)16-32)11-20(19-9-7-6-8-10-19)21-12-26-27(38-18-37-26)13-25(21)36-5/h6-10,12-13,20,22H,11,14-18H2,1-5H3. The fourth-order valence-corrected chi connectivity index (χ4v) is 6.80. The summed E-state index contributed by atoms with van der Waals surface area (Å²) in [6.07, 6.45) is 2.78. The Kier molecular flexibility index (Phi) is 6.12. The molecule has 6 nitrogen and oxygen atoms in total. The molecule has 0 saturated heterocycles. The van der Waals surface area contributed by atoms with E-state index in [4.69, 9.17) is 18.9 Å². The maximum atomic E-state index is 13.8. The highest BCUT2D eigenvalue weighted by Crippen LogP contribution is 2.54. The number of benzene rings is 2.